The smallest absolute Gasteiger partial charge is 0.503 e. The number of imidazole rings is 1. The Hall–Kier alpha value is -5.03. The van der Waals surface area contributed by atoms with Gasteiger partial charge in [-0.25, -0.2) is 4.98 Å². The van der Waals surface area contributed by atoms with Crippen LogP contribution in [0.2, 0.25) is 0 Å². The molecule has 10 rings (SSSR count). The maximum atomic E-state index is 6.48. The summed E-state index contributed by atoms with van der Waals surface area (Å²) in [7, 11) is 0. The van der Waals surface area contributed by atoms with Gasteiger partial charge in [0, 0.05) is 55.8 Å². The van der Waals surface area contributed by atoms with Gasteiger partial charge in [-0.1, -0.05) is 70.9 Å². The number of pyridine rings is 2. The summed E-state index contributed by atoms with van der Waals surface area (Å²) in [6.45, 7) is 0. The second kappa shape index (κ2) is 10.00. The van der Waals surface area contributed by atoms with E-state index in [4.69, 9.17) is 9.72 Å². The van der Waals surface area contributed by atoms with Crippen molar-refractivity contribution in [1.29, 1.82) is 0 Å². The number of para-hydroxylation sites is 1. The number of hydrogen-bond acceptors (Lipinski definition) is 4. The van der Waals surface area contributed by atoms with E-state index in [2.05, 4.69) is 98.9 Å². The predicted molar refractivity (Wildman–Crippen MR) is 179 cm³/mol. The summed E-state index contributed by atoms with van der Waals surface area (Å²) in [5, 5.41) is 7.90. The molecule has 5 aromatic heterocycles. The molecule has 10 aromatic rings. The van der Waals surface area contributed by atoms with Gasteiger partial charge in [-0.05, 0) is 41.1 Å². The van der Waals surface area contributed by atoms with Gasteiger partial charge >= 0.3 is 21.1 Å². The van der Waals surface area contributed by atoms with Crippen LogP contribution in [0.1, 0.15) is 0 Å². The Kier molecular flexibility index (Phi) is 5.86. The quantitative estimate of drug-likeness (QED) is 0.133. The van der Waals surface area contributed by atoms with Crippen molar-refractivity contribution >= 4 is 80.6 Å². The fourth-order valence-electron chi connectivity index (χ4n) is 6.64. The first-order valence-corrected chi connectivity index (χ1v) is 15.2. The molecule has 0 fully saturated rings. The Balaban J connectivity index is 0.00000281. The molecule has 0 saturated heterocycles. The molecule has 0 aliphatic rings. The molecule has 5 nitrogen and oxygen atoms in total. The zero-order chi connectivity index (χ0) is 28.8. The fraction of sp³-hybridized carbons (Fsp3) is 0. The van der Waals surface area contributed by atoms with E-state index in [9.17, 15) is 0 Å². The number of rotatable bonds is 3. The van der Waals surface area contributed by atoms with Crippen molar-refractivity contribution in [2.24, 2.45) is 0 Å². The number of nitrogens with zero attached hydrogens (tertiary/aromatic N) is 4. The van der Waals surface area contributed by atoms with Crippen LogP contribution in [-0.4, -0.2) is 18.9 Å². The summed E-state index contributed by atoms with van der Waals surface area (Å²) in [6.07, 6.45) is 5.65. The monoisotopic (exact) mass is 775 g/mol. The molecule has 45 heavy (non-hydrogen) atoms. The minimum absolute atomic E-state index is 0. The molecule has 5 heterocycles. The van der Waals surface area contributed by atoms with E-state index in [-0.39, 0.29) is 21.1 Å². The molecular formula is C38H20N4OPtS. The van der Waals surface area contributed by atoms with E-state index in [0.717, 1.165) is 54.9 Å². The molecule has 5 aromatic carbocycles. The maximum absolute atomic E-state index is 6.48. The van der Waals surface area contributed by atoms with Crippen molar-refractivity contribution in [3.05, 3.63) is 134 Å². The number of hydrogen-bond donors (Lipinski definition) is 0. The Bertz CT molecular complexity index is 2760. The van der Waals surface area contributed by atoms with Gasteiger partial charge in [-0.3, -0.25) is 4.98 Å². The van der Waals surface area contributed by atoms with Gasteiger partial charge in [0.1, 0.15) is 5.82 Å². The predicted octanol–water partition coefficient (Wildman–Crippen LogP) is 9.89. The van der Waals surface area contributed by atoms with E-state index >= 15 is 0 Å². The molecule has 7 heteroatoms. The van der Waals surface area contributed by atoms with Crippen LogP contribution in [-0.2, 0) is 21.1 Å². The number of benzene rings is 5. The minimum Gasteiger partial charge on any atom is -0.503 e. The summed E-state index contributed by atoms with van der Waals surface area (Å²) in [4.78, 5) is 9.44. The minimum atomic E-state index is 0. The van der Waals surface area contributed by atoms with Gasteiger partial charge in [0.2, 0.25) is 0 Å². The van der Waals surface area contributed by atoms with E-state index in [0.29, 0.717) is 11.5 Å². The third-order valence-electron chi connectivity index (χ3n) is 8.49. The first-order valence-electron chi connectivity index (χ1n) is 14.4. The second-order valence-corrected chi connectivity index (χ2v) is 12.0. The van der Waals surface area contributed by atoms with Crippen LogP contribution in [0, 0.1) is 12.1 Å². The second-order valence-electron chi connectivity index (χ2n) is 10.9. The van der Waals surface area contributed by atoms with Crippen LogP contribution < -0.4 is 4.74 Å². The topological polar surface area (TPSA) is 44.3 Å². The van der Waals surface area contributed by atoms with Crippen molar-refractivity contribution in [2.75, 3.05) is 0 Å². The molecule has 0 N–H and O–H groups in total. The van der Waals surface area contributed by atoms with E-state index in [1.54, 1.807) is 0 Å². The molecule has 0 amide bonds. The summed E-state index contributed by atoms with van der Waals surface area (Å²) in [6, 6.07) is 42.8. The van der Waals surface area contributed by atoms with Gasteiger partial charge in [0.15, 0.2) is 0 Å². The Morgan fingerprint density at radius 3 is 2.29 bits per heavy atom. The molecule has 0 bridgehead atoms. The number of thiophene rings is 1. The Morgan fingerprint density at radius 1 is 0.622 bits per heavy atom. The van der Waals surface area contributed by atoms with Crippen LogP contribution in [0.25, 0.3) is 75.1 Å². The van der Waals surface area contributed by atoms with E-state index in [1.807, 2.05) is 60.3 Å². The molecular weight excluding hydrogens is 756 g/mol. The van der Waals surface area contributed by atoms with Crippen molar-refractivity contribution in [3.8, 4) is 17.3 Å². The maximum Gasteiger partial charge on any atom is 2.00 e. The van der Waals surface area contributed by atoms with Gasteiger partial charge in [-0.15, -0.1) is 41.0 Å². The Morgan fingerprint density at radius 2 is 1.40 bits per heavy atom. The van der Waals surface area contributed by atoms with Crippen LogP contribution in [0.3, 0.4) is 0 Å². The van der Waals surface area contributed by atoms with Crippen LogP contribution in [0.15, 0.2) is 122 Å². The summed E-state index contributed by atoms with van der Waals surface area (Å²) in [5.41, 5.74) is 4.02. The van der Waals surface area contributed by atoms with E-state index < -0.39 is 0 Å². The molecule has 0 aliphatic carbocycles. The molecule has 0 atom stereocenters. The molecule has 0 spiro atoms. The molecule has 214 valence electrons. The van der Waals surface area contributed by atoms with Gasteiger partial charge in [0.25, 0.3) is 0 Å². The number of aromatic nitrogens is 4. The first-order chi connectivity index (χ1) is 21.8. The van der Waals surface area contributed by atoms with Crippen molar-refractivity contribution in [2.45, 2.75) is 0 Å². The molecule has 0 saturated carbocycles. The van der Waals surface area contributed by atoms with Crippen LogP contribution in [0.4, 0.5) is 0 Å². The number of fused-ring (bicyclic) bond motifs is 13. The summed E-state index contributed by atoms with van der Waals surface area (Å²) >= 11 is 1.82. The Labute approximate surface area is 275 Å². The SMILES string of the molecule is [Pt+2].[c-]1c(Oc2[c-]c3c(cc2)c2ccc4sc5ccccc5c4c2n3-c2ccccn2)ccc2c1c1nccn1c1ccccc21. The van der Waals surface area contributed by atoms with Crippen molar-refractivity contribution in [1.82, 2.24) is 18.9 Å². The molecule has 0 aliphatic heterocycles. The average molecular weight is 776 g/mol. The third kappa shape index (κ3) is 3.83. The van der Waals surface area contributed by atoms with E-state index in [1.165, 1.54) is 20.2 Å². The molecule has 0 unspecified atom stereocenters. The standard InChI is InChI=1S/C38H20N4OS.Pt/c1-3-9-31-26(7-1)25-14-12-23(21-30(25)38-40-19-20-41(31)38)43-24-13-15-27-28-16-17-34-36(29-8-2-4-10-33(29)44-34)37(28)42(32(27)22-24)35-11-5-6-18-39-35;/h1-20H;/q-2;+2. The first kappa shape index (κ1) is 26.4. The third-order valence-corrected chi connectivity index (χ3v) is 9.62. The largest absolute Gasteiger partial charge is 2.00 e. The number of ether oxygens (including phenoxy) is 1. The van der Waals surface area contributed by atoms with Crippen LogP contribution >= 0.6 is 11.3 Å². The van der Waals surface area contributed by atoms with Crippen LogP contribution in [0.5, 0.6) is 11.5 Å². The normalized spacial score (nSPS) is 11.8. The zero-order valence-corrected chi connectivity index (χ0v) is 26.6. The summed E-state index contributed by atoms with van der Waals surface area (Å²) < 4.78 is 13.3. The fourth-order valence-corrected chi connectivity index (χ4v) is 7.75. The average Bonchev–Trinajstić information content (AvgIpc) is 3.79. The van der Waals surface area contributed by atoms with Gasteiger partial charge < -0.3 is 13.7 Å². The zero-order valence-electron chi connectivity index (χ0n) is 23.5. The van der Waals surface area contributed by atoms with Gasteiger partial charge in [0.05, 0.1) is 11.2 Å². The van der Waals surface area contributed by atoms with Crippen molar-refractivity contribution < 1.29 is 25.8 Å². The van der Waals surface area contributed by atoms with Gasteiger partial charge in [-0.2, -0.15) is 6.07 Å². The summed E-state index contributed by atoms with van der Waals surface area (Å²) in [5.74, 6) is 2.06. The molecule has 0 radical (unpaired) electrons. The van der Waals surface area contributed by atoms with Crippen molar-refractivity contribution in [3.63, 3.8) is 0 Å².